The Balaban J connectivity index is 1.06. The summed E-state index contributed by atoms with van der Waals surface area (Å²) in [6.07, 6.45) is 0. The van der Waals surface area contributed by atoms with Gasteiger partial charge in [0, 0.05) is 33.8 Å². The summed E-state index contributed by atoms with van der Waals surface area (Å²) in [6, 6.07) is 86.5. The van der Waals surface area contributed by atoms with Crippen molar-refractivity contribution < 1.29 is 4.42 Å². The van der Waals surface area contributed by atoms with Gasteiger partial charge < -0.3 is 9.32 Å². The lowest BCUT2D eigenvalue weighted by atomic mass is 9.70. The minimum atomic E-state index is -0.418. The lowest BCUT2D eigenvalue weighted by Crippen LogP contribution is -2.25. The number of hydrogen-bond donors (Lipinski definition) is 0. The Hall–Kier alpha value is -8.20. The van der Waals surface area contributed by atoms with Crippen LogP contribution in [-0.4, -0.2) is 0 Å². The Bertz CT molecular complexity index is 3550. The standard InChI is InChI=1S/C61H39NO/c1-2-18-40(19-3-1)43-20-4-5-21-44(43)45-22-6-7-23-46(45)50-27-11-16-32-58(50)62(42-34-36-52-51-28-12-17-33-59(51)63-60(52)39-42)41-35-37-57-53(38-41)49-26-10-15-31-56(49)61(57)54-29-13-8-24-47(54)48-25-9-14-30-55(48)61/h1-39H. The number of rotatable bonds is 6. The lowest BCUT2D eigenvalue weighted by Gasteiger charge is -2.31. The van der Waals surface area contributed by atoms with Gasteiger partial charge in [0.05, 0.1) is 11.1 Å². The molecule has 11 aromatic rings. The molecule has 13 rings (SSSR count). The van der Waals surface area contributed by atoms with Crippen LogP contribution in [0.25, 0.3) is 77.6 Å². The maximum Gasteiger partial charge on any atom is 0.137 e. The van der Waals surface area contributed by atoms with Gasteiger partial charge in [-0.25, -0.2) is 0 Å². The summed E-state index contributed by atoms with van der Waals surface area (Å²) in [5.74, 6) is 0. The van der Waals surface area contributed by atoms with Crippen molar-refractivity contribution in [1.82, 2.24) is 0 Å². The third kappa shape index (κ3) is 5.19. The summed E-state index contributed by atoms with van der Waals surface area (Å²) in [7, 11) is 0. The SMILES string of the molecule is c1ccc(-c2ccccc2-c2ccccc2-c2ccccc2N(c2ccc3c(c2)-c2ccccc2C32c3ccccc3-c3ccccc32)c2ccc3c(c2)oc2ccccc23)cc1. The van der Waals surface area contributed by atoms with Crippen molar-refractivity contribution in [3.63, 3.8) is 0 Å². The molecule has 0 N–H and O–H groups in total. The van der Waals surface area contributed by atoms with Crippen LogP contribution in [0.5, 0.6) is 0 Å². The highest BCUT2D eigenvalue weighted by Crippen LogP contribution is 2.63. The molecule has 2 heteroatoms. The average Bonchev–Trinajstić information content (AvgIpc) is 3.98. The fourth-order valence-electron chi connectivity index (χ4n) is 10.9. The third-order valence-electron chi connectivity index (χ3n) is 13.5. The largest absolute Gasteiger partial charge is 0.456 e. The van der Waals surface area contributed by atoms with Crippen molar-refractivity contribution in [3.05, 3.63) is 259 Å². The van der Waals surface area contributed by atoms with E-state index in [9.17, 15) is 0 Å². The van der Waals surface area contributed by atoms with E-state index in [2.05, 4.69) is 235 Å². The van der Waals surface area contributed by atoms with Gasteiger partial charge in [0.15, 0.2) is 0 Å². The van der Waals surface area contributed by atoms with Gasteiger partial charge in [-0.2, -0.15) is 0 Å². The van der Waals surface area contributed by atoms with Gasteiger partial charge in [-0.1, -0.05) is 194 Å². The van der Waals surface area contributed by atoms with Crippen LogP contribution in [0.4, 0.5) is 17.1 Å². The number of furan rings is 1. The van der Waals surface area contributed by atoms with E-state index in [1.165, 1.54) is 66.8 Å². The van der Waals surface area contributed by atoms with Gasteiger partial charge >= 0.3 is 0 Å². The molecule has 0 saturated carbocycles. The van der Waals surface area contributed by atoms with E-state index in [0.717, 1.165) is 50.1 Å². The molecule has 1 spiro atoms. The molecule has 294 valence electrons. The Morgan fingerprint density at radius 3 is 1.41 bits per heavy atom. The van der Waals surface area contributed by atoms with Crippen LogP contribution < -0.4 is 4.90 Å². The van der Waals surface area contributed by atoms with Gasteiger partial charge in [-0.3, -0.25) is 0 Å². The summed E-state index contributed by atoms with van der Waals surface area (Å²) in [4.78, 5) is 2.44. The predicted octanol–water partition coefficient (Wildman–Crippen LogP) is 16.4. The quantitative estimate of drug-likeness (QED) is 0.167. The zero-order chi connectivity index (χ0) is 41.5. The van der Waals surface area contributed by atoms with Crippen molar-refractivity contribution in [2.24, 2.45) is 0 Å². The normalized spacial score (nSPS) is 12.9. The van der Waals surface area contributed by atoms with Crippen LogP contribution in [0, 0.1) is 0 Å². The summed E-state index contributed by atoms with van der Waals surface area (Å²) < 4.78 is 6.59. The van der Waals surface area contributed by atoms with Crippen molar-refractivity contribution in [3.8, 4) is 55.6 Å². The van der Waals surface area contributed by atoms with E-state index >= 15 is 0 Å². The molecule has 0 saturated heterocycles. The Labute approximate surface area is 366 Å². The summed E-state index contributed by atoms with van der Waals surface area (Å²) in [6.45, 7) is 0. The molecule has 0 unspecified atom stereocenters. The Kier molecular flexibility index (Phi) is 7.85. The number of nitrogens with zero attached hydrogens (tertiary/aromatic N) is 1. The minimum absolute atomic E-state index is 0.418. The molecule has 0 aliphatic heterocycles. The Morgan fingerprint density at radius 2 is 0.730 bits per heavy atom. The second-order valence-corrected chi connectivity index (χ2v) is 16.7. The number of para-hydroxylation sites is 2. The van der Waals surface area contributed by atoms with Crippen LogP contribution in [0.15, 0.2) is 241 Å². The van der Waals surface area contributed by atoms with Gasteiger partial charge in [0.1, 0.15) is 11.2 Å². The first-order valence-corrected chi connectivity index (χ1v) is 21.8. The molecular weight excluding hydrogens is 763 g/mol. The fourth-order valence-corrected chi connectivity index (χ4v) is 10.9. The smallest absolute Gasteiger partial charge is 0.137 e. The molecule has 0 radical (unpaired) electrons. The topological polar surface area (TPSA) is 16.4 Å². The lowest BCUT2D eigenvalue weighted by molar-refractivity contribution is 0.669. The molecule has 1 heterocycles. The summed E-state index contributed by atoms with van der Waals surface area (Å²) >= 11 is 0. The molecule has 10 aromatic carbocycles. The van der Waals surface area contributed by atoms with Gasteiger partial charge in [-0.15, -0.1) is 0 Å². The van der Waals surface area contributed by atoms with E-state index in [4.69, 9.17) is 4.42 Å². The first-order chi connectivity index (χ1) is 31.3. The molecule has 2 aliphatic rings. The van der Waals surface area contributed by atoms with Crippen molar-refractivity contribution in [2.75, 3.05) is 4.90 Å². The molecule has 2 nitrogen and oxygen atoms in total. The van der Waals surface area contributed by atoms with E-state index in [1.54, 1.807) is 0 Å². The highest BCUT2D eigenvalue weighted by Gasteiger charge is 2.51. The van der Waals surface area contributed by atoms with Crippen LogP contribution in [0.2, 0.25) is 0 Å². The van der Waals surface area contributed by atoms with Crippen molar-refractivity contribution in [2.45, 2.75) is 5.41 Å². The van der Waals surface area contributed by atoms with Crippen LogP contribution >= 0.6 is 0 Å². The van der Waals surface area contributed by atoms with E-state index in [0.29, 0.717) is 0 Å². The van der Waals surface area contributed by atoms with Crippen molar-refractivity contribution in [1.29, 1.82) is 0 Å². The number of hydrogen-bond acceptors (Lipinski definition) is 2. The number of fused-ring (bicyclic) bond motifs is 13. The first-order valence-electron chi connectivity index (χ1n) is 21.8. The van der Waals surface area contributed by atoms with Crippen LogP contribution in [0.1, 0.15) is 22.3 Å². The molecule has 0 bridgehead atoms. The molecule has 0 fully saturated rings. The maximum absolute atomic E-state index is 6.59. The Morgan fingerprint density at radius 1 is 0.286 bits per heavy atom. The third-order valence-corrected chi connectivity index (χ3v) is 13.5. The second-order valence-electron chi connectivity index (χ2n) is 16.7. The summed E-state index contributed by atoms with van der Waals surface area (Å²) in [5.41, 5.74) is 22.0. The molecular formula is C61H39NO. The zero-order valence-corrected chi connectivity index (χ0v) is 34.4. The van der Waals surface area contributed by atoms with Crippen LogP contribution in [0.3, 0.4) is 0 Å². The molecule has 0 amide bonds. The molecule has 2 aliphatic carbocycles. The van der Waals surface area contributed by atoms with E-state index in [1.807, 2.05) is 6.07 Å². The highest BCUT2D eigenvalue weighted by molar-refractivity contribution is 6.07. The van der Waals surface area contributed by atoms with Crippen LogP contribution in [-0.2, 0) is 5.41 Å². The van der Waals surface area contributed by atoms with Crippen molar-refractivity contribution >= 4 is 39.0 Å². The number of benzene rings is 10. The second kappa shape index (κ2) is 13.9. The summed E-state index contributed by atoms with van der Waals surface area (Å²) in [5, 5.41) is 2.22. The fraction of sp³-hybridized carbons (Fsp3) is 0.0164. The van der Waals surface area contributed by atoms with Gasteiger partial charge in [0.25, 0.3) is 0 Å². The zero-order valence-electron chi connectivity index (χ0n) is 34.4. The van der Waals surface area contributed by atoms with E-state index in [-0.39, 0.29) is 0 Å². The average molecular weight is 802 g/mol. The maximum atomic E-state index is 6.59. The van der Waals surface area contributed by atoms with Gasteiger partial charge in [0.2, 0.25) is 0 Å². The number of anilines is 3. The van der Waals surface area contributed by atoms with Gasteiger partial charge in [-0.05, 0) is 109 Å². The molecule has 1 aromatic heterocycles. The first kappa shape index (κ1) is 35.5. The highest BCUT2D eigenvalue weighted by atomic mass is 16.3. The molecule has 63 heavy (non-hydrogen) atoms. The predicted molar refractivity (Wildman–Crippen MR) is 261 cm³/mol. The van der Waals surface area contributed by atoms with E-state index < -0.39 is 5.41 Å². The minimum Gasteiger partial charge on any atom is -0.456 e. The monoisotopic (exact) mass is 801 g/mol. The molecule has 0 atom stereocenters.